The highest BCUT2D eigenvalue weighted by molar-refractivity contribution is 5.89. The van der Waals surface area contributed by atoms with Crippen LogP contribution in [0.2, 0.25) is 0 Å². The standard InChI is InChI=1S/C13H13NO3/c1-8-9-4-2-3-5-11(9)14-13(17)10(8)6-7-12(15)16/h2-5,10H,6-7H2,1H3,(H,15,16)/t10-/m1/s1. The predicted molar refractivity (Wildman–Crippen MR) is 61.7 cm³/mol. The van der Waals surface area contributed by atoms with Crippen molar-refractivity contribution in [2.45, 2.75) is 19.8 Å². The van der Waals surface area contributed by atoms with Crippen LogP contribution in [0.15, 0.2) is 29.3 Å². The van der Waals surface area contributed by atoms with Gasteiger partial charge in [-0.25, -0.2) is 4.99 Å². The monoisotopic (exact) mass is 231 g/mol. The number of carbonyl (C=O) groups excluding carboxylic acids is 1. The van der Waals surface area contributed by atoms with E-state index in [2.05, 4.69) is 4.99 Å². The first-order valence-corrected chi connectivity index (χ1v) is 5.50. The first-order valence-electron chi connectivity index (χ1n) is 5.50. The van der Waals surface area contributed by atoms with E-state index in [-0.39, 0.29) is 18.2 Å². The van der Waals surface area contributed by atoms with Gasteiger partial charge in [0.2, 0.25) is 0 Å². The van der Waals surface area contributed by atoms with Gasteiger partial charge >= 0.3 is 5.97 Å². The van der Waals surface area contributed by atoms with Crippen molar-refractivity contribution in [3.8, 4) is 0 Å². The Hall–Kier alpha value is -1.97. The number of carboxylic acid groups (broad SMARTS) is 1. The van der Waals surface area contributed by atoms with Crippen molar-refractivity contribution in [1.29, 1.82) is 0 Å². The van der Waals surface area contributed by atoms with Crippen LogP contribution in [0.25, 0.3) is 5.57 Å². The Morgan fingerprint density at radius 2 is 2.12 bits per heavy atom. The summed E-state index contributed by atoms with van der Waals surface area (Å²) in [5.41, 5.74) is 0.918. The number of hydrogen-bond acceptors (Lipinski definition) is 2. The van der Waals surface area contributed by atoms with E-state index < -0.39 is 5.97 Å². The van der Waals surface area contributed by atoms with Crippen molar-refractivity contribution in [3.63, 3.8) is 0 Å². The molecule has 0 fully saturated rings. The largest absolute Gasteiger partial charge is 0.481 e. The van der Waals surface area contributed by atoms with Crippen LogP contribution >= 0.6 is 0 Å². The van der Waals surface area contributed by atoms with Crippen molar-refractivity contribution >= 4 is 17.4 Å². The zero-order valence-corrected chi connectivity index (χ0v) is 9.51. The molecule has 0 radical (unpaired) electrons. The molecular weight excluding hydrogens is 218 g/mol. The van der Waals surface area contributed by atoms with Crippen molar-refractivity contribution in [2.24, 2.45) is 10.9 Å². The molecule has 88 valence electrons. The summed E-state index contributed by atoms with van der Waals surface area (Å²) < 4.78 is 0. The Bertz CT molecular complexity index is 589. The van der Waals surface area contributed by atoms with E-state index in [0.717, 1.165) is 10.8 Å². The molecule has 17 heavy (non-hydrogen) atoms. The van der Waals surface area contributed by atoms with Crippen molar-refractivity contribution in [1.82, 2.24) is 0 Å². The first-order chi connectivity index (χ1) is 8.09. The summed E-state index contributed by atoms with van der Waals surface area (Å²) in [6.45, 7) is 1.87. The molecule has 1 aliphatic heterocycles. The van der Waals surface area contributed by atoms with E-state index in [4.69, 9.17) is 5.11 Å². The summed E-state index contributed by atoms with van der Waals surface area (Å²) in [5, 5.41) is 10.3. The number of nitrogens with zero attached hydrogens (tertiary/aromatic N) is 1. The molecule has 0 aliphatic carbocycles. The van der Waals surface area contributed by atoms with Crippen LogP contribution < -0.4 is 10.6 Å². The van der Waals surface area contributed by atoms with Crippen LogP contribution in [-0.2, 0) is 9.59 Å². The van der Waals surface area contributed by atoms with E-state index in [0.29, 0.717) is 11.8 Å². The molecule has 1 atom stereocenters. The fourth-order valence-corrected chi connectivity index (χ4v) is 2.08. The molecule has 1 amide bonds. The van der Waals surface area contributed by atoms with E-state index in [9.17, 15) is 9.59 Å². The van der Waals surface area contributed by atoms with Crippen LogP contribution in [0, 0.1) is 5.92 Å². The van der Waals surface area contributed by atoms with Crippen LogP contribution in [0.4, 0.5) is 0 Å². The van der Waals surface area contributed by atoms with Gasteiger partial charge in [-0.05, 0) is 24.6 Å². The summed E-state index contributed by atoms with van der Waals surface area (Å²) in [5.74, 6) is -1.51. The highest BCUT2D eigenvalue weighted by Crippen LogP contribution is 2.19. The molecule has 1 aliphatic rings. The van der Waals surface area contributed by atoms with E-state index in [1.54, 1.807) is 6.07 Å². The maximum atomic E-state index is 11.8. The second-order valence-electron chi connectivity index (χ2n) is 4.14. The van der Waals surface area contributed by atoms with Gasteiger partial charge in [-0.1, -0.05) is 23.8 Å². The van der Waals surface area contributed by atoms with E-state index in [1.165, 1.54) is 0 Å². The van der Waals surface area contributed by atoms with Crippen molar-refractivity contribution in [3.05, 3.63) is 34.8 Å². The smallest absolute Gasteiger partial charge is 0.303 e. The molecule has 0 bridgehead atoms. The molecule has 4 nitrogen and oxygen atoms in total. The van der Waals surface area contributed by atoms with Gasteiger partial charge in [0.25, 0.3) is 5.91 Å². The minimum Gasteiger partial charge on any atom is -0.481 e. The van der Waals surface area contributed by atoms with E-state index >= 15 is 0 Å². The molecule has 0 spiro atoms. The van der Waals surface area contributed by atoms with Gasteiger partial charge in [0.1, 0.15) is 0 Å². The summed E-state index contributed by atoms with van der Waals surface area (Å²) in [6, 6.07) is 7.43. The third-order valence-corrected chi connectivity index (χ3v) is 3.03. The summed E-state index contributed by atoms with van der Waals surface area (Å²) >= 11 is 0. The Balaban J connectivity index is 2.42. The Morgan fingerprint density at radius 3 is 2.82 bits per heavy atom. The molecular formula is C13H13NO3. The number of aliphatic carboxylic acids is 1. The topological polar surface area (TPSA) is 66.7 Å². The van der Waals surface area contributed by atoms with Crippen LogP contribution in [0.1, 0.15) is 19.8 Å². The summed E-state index contributed by atoms with van der Waals surface area (Å²) in [4.78, 5) is 26.4. The Labute approximate surface area is 98.3 Å². The Kier molecular flexibility index (Phi) is 3.04. The molecule has 1 N–H and O–H groups in total. The van der Waals surface area contributed by atoms with Crippen molar-refractivity contribution in [2.75, 3.05) is 0 Å². The Morgan fingerprint density at radius 1 is 1.41 bits per heavy atom. The average molecular weight is 231 g/mol. The lowest BCUT2D eigenvalue weighted by atomic mass is 9.91. The maximum Gasteiger partial charge on any atom is 0.303 e. The van der Waals surface area contributed by atoms with Gasteiger partial charge in [0.15, 0.2) is 0 Å². The van der Waals surface area contributed by atoms with Gasteiger partial charge < -0.3 is 5.11 Å². The number of amides is 1. The lowest BCUT2D eigenvalue weighted by molar-refractivity contribution is -0.137. The predicted octanol–water partition coefficient (Wildman–Crippen LogP) is 0.498. The van der Waals surface area contributed by atoms with Gasteiger partial charge in [-0.3, -0.25) is 9.59 Å². The zero-order chi connectivity index (χ0) is 12.4. The second-order valence-corrected chi connectivity index (χ2v) is 4.14. The summed E-state index contributed by atoms with van der Waals surface area (Å²) in [7, 11) is 0. The number of carboxylic acids is 1. The van der Waals surface area contributed by atoms with Gasteiger partial charge in [0, 0.05) is 6.42 Å². The normalized spacial score (nSPS) is 18.5. The number of benzene rings is 1. The average Bonchev–Trinajstić information content (AvgIpc) is 2.28. The molecule has 0 saturated carbocycles. The van der Waals surface area contributed by atoms with Gasteiger partial charge in [0.05, 0.1) is 11.3 Å². The highest BCUT2D eigenvalue weighted by atomic mass is 16.4. The number of rotatable bonds is 3. The second kappa shape index (κ2) is 4.49. The molecule has 4 heteroatoms. The van der Waals surface area contributed by atoms with E-state index in [1.807, 2.05) is 25.1 Å². The van der Waals surface area contributed by atoms with Crippen LogP contribution in [0.3, 0.4) is 0 Å². The molecule has 2 rings (SSSR count). The number of para-hydroxylation sites is 1. The molecule has 1 aromatic rings. The zero-order valence-electron chi connectivity index (χ0n) is 9.51. The van der Waals surface area contributed by atoms with Crippen LogP contribution in [-0.4, -0.2) is 17.0 Å². The van der Waals surface area contributed by atoms with Crippen LogP contribution in [0.5, 0.6) is 0 Å². The fraction of sp³-hybridized carbons (Fsp3) is 0.308. The van der Waals surface area contributed by atoms with Gasteiger partial charge in [-0.15, -0.1) is 0 Å². The molecule has 0 saturated heterocycles. The third-order valence-electron chi connectivity index (χ3n) is 3.03. The minimum absolute atomic E-state index is 0.00850. The third kappa shape index (κ3) is 2.25. The first kappa shape index (κ1) is 11.5. The lowest BCUT2D eigenvalue weighted by Gasteiger charge is -2.16. The molecule has 0 unspecified atom stereocenters. The fourth-order valence-electron chi connectivity index (χ4n) is 2.08. The summed E-state index contributed by atoms with van der Waals surface area (Å²) in [6.07, 6.45) is 0.309. The quantitative estimate of drug-likeness (QED) is 0.823. The lowest BCUT2D eigenvalue weighted by Crippen LogP contribution is -2.36. The van der Waals surface area contributed by atoms with Gasteiger partial charge in [-0.2, -0.15) is 0 Å². The molecule has 0 aromatic heterocycles. The SMILES string of the molecule is CC1=c2ccccc2=NC(=O)[C@@H]1CCC(=O)O. The molecule has 1 aromatic carbocycles. The number of carbonyl (C=O) groups is 2. The molecule has 1 heterocycles. The minimum atomic E-state index is -0.885. The highest BCUT2D eigenvalue weighted by Gasteiger charge is 2.24. The maximum absolute atomic E-state index is 11.8. The number of fused-ring (bicyclic) bond motifs is 1. The number of hydrogen-bond donors (Lipinski definition) is 1. The van der Waals surface area contributed by atoms with Crippen molar-refractivity contribution < 1.29 is 14.7 Å².